The normalized spacial score (nSPS) is 20.2. The number of likely N-dealkylation sites (tertiary alicyclic amines) is 1. The Hall–Kier alpha value is -2.53. The maximum Gasteiger partial charge on any atom is 0.263 e. The third kappa shape index (κ3) is 3.99. The number of likely N-dealkylation sites (N-methyl/N-ethyl adjacent to an activating group) is 1. The zero-order valence-corrected chi connectivity index (χ0v) is 16.5. The number of anilines is 1. The Morgan fingerprint density at radius 1 is 1.21 bits per heavy atom. The Morgan fingerprint density at radius 2 is 1.96 bits per heavy atom. The topological polar surface area (TPSA) is 58.8 Å². The van der Waals surface area contributed by atoms with Crippen LogP contribution in [0, 0.1) is 0 Å². The second kappa shape index (κ2) is 8.23. The number of nitrogens with two attached hydrogens (primary N) is 1. The van der Waals surface area contributed by atoms with E-state index in [9.17, 15) is 4.79 Å². The quantitative estimate of drug-likeness (QED) is 0.810. The van der Waals surface area contributed by atoms with Gasteiger partial charge in [-0.15, -0.1) is 0 Å². The fourth-order valence-electron chi connectivity index (χ4n) is 4.30. The molecule has 2 aliphatic rings. The molecule has 1 amide bonds. The van der Waals surface area contributed by atoms with Crippen molar-refractivity contribution >= 4 is 11.6 Å². The van der Waals surface area contributed by atoms with Crippen LogP contribution < -0.4 is 10.5 Å². The minimum atomic E-state index is -0.439. The minimum Gasteiger partial charge on any atom is -0.480 e. The molecule has 148 valence electrons. The summed E-state index contributed by atoms with van der Waals surface area (Å²) in [5.74, 6) is 0.832. The number of hydrogen-bond donors (Lipinski definition) is 1. The lowest BCUT2D eigenvalue weighted by molar-refractivity contribution is -0.140. The molecule has 1 saturated heterocycles. The summed E-state index contributed by atoms with van der Waals surface area (Å²) in [5, 5.41) is 0. The molecule has 1 fully saturated rings. The van der Waals surface area contributed by atoms with Gasteiger partial charge in [0.2, 0.25) is 0 Å². The summed E-state index contributed by atoms with van der Waals surface area (Å²) in [6, 6.07) is 16.0. The van der Waals surface area contributed by atoms with E-state index in [2.05, 4.69) is 17.0 Å². The molecule has 5 nitrogen and oxygen atoms in total. The zero-order valence-electron chi connectivity index (χ0n) is 16.5. The highest BCUT2D eigenvalue weighted by Crippen LogP contribution is 2.31. The highest BCUT2D eigenvalue weighted by Gasteiger charge is 2.33. The van der Waals surface area contributed by atoms with Crippen molar-refractivity contribution < 1.29 is 9.53 Å². The standard InChI is InChI=1S/C23H29N3O2/c1-25(20(16-26-13-5-6-14-26)17-7-3-2-4-8-17)23(27)22-11-9-18-15-19(24)10-12-21(18)28-22/h2-4,7-8,10,12,15,20,22H,5-6,9,11,13-14,16,24H2,1H3. The van der Waals surface area contributed by atoms with Gasteiger partial charge in [-0.3, -0.25) is 4.79 Å². The summed E-state index contributed by atoms with van der Waals surface area (Å²) >= 11 is 0. The first-order chi connectivity index (χ1) is 13.6. The lowest BCUT2D eigenvalue weighted by Crippen LogP contribution is -2.45. The molecule has 2 aromatic rings. The number of ether oxygens (including phenoxy) is 1. The van der Waals surface area contributed by atoms with E-state index in [0.717, 1.165) is 43.1 Å². The first-order valence-electron chi connectivity index (χ1n) is 10.2. The summed E-state index contributed by atoms with van der Waals surface area (Å²) in [4.78, 5) is 17.7. The molecule has 2 heterocycles. The maximum absolute atomic E-state index is 13.3. The largest absolute Gasteiger partial charge is 0.480 e. The Bertz CT molecular complexity index is 818. The number of hydrogen-bond acceptors (Lipinski definition) is 4. The van der Waals surface area contributed by atoms with Gasteiger partial charge in [0, 0.05) is 19.3 Å². The van der Waals surface area contributed by atoms with Gasteiger partial charge in [-0.05, 0) is 68.1 Å². The molecule has 2 aliphatic heterocycles. The molecule has 5 heteroatoms. The van der Waals surface area contributed by atoms with Gasteiger partial charge >= 0.3 is 0 Å². The fraction of sp³-hybridized carbons (Fsp3) is 0.435. The van der Waals surface area contributed by atoms with E-state index >= 15 is 0 Å². The van der Waals surface area contributed by atoms with Crippen molar-refractivity contribution in [1.29, 1.82) is 0 Å². The molecule has 2 unspecified atom stereocenters. The number of carbonyl (C=O) groups is 1. The molecular weight excluding hydrogens is 350 g/mol. The summed E-state index contributed by atoms with van der Waals surface area (Å²) in [5.41, 5.74) is 8.87. The van der Waals surface area contributed by atoms with Crippen molar-refractivity contribution in [1.82, 2.24) is 9.80 Å². The number of benzene rings is 2. The van der Waals surface area contributed by atoms with Gasteiger partial charge in [-0.2, -0.15) is 0 Å². The van der Waals surface area contributed by atoms with E-state index in [1.54, 1.807) is 0 Å². The van der Waals surface area contributed by atoms with Gasteiger partial charge in [0.1, 0.15) is 5.75 Å². The molecule has 0 aliphatic carbocycles. The van der Waals surface area contributed by atoms with Crippen LogP contribution in [0.15, 0.2) is 48.5 Å². The number of aryl methyl sites for hydroxylation is 1. The van der Waals surface area contributed by atoms with Gasteiger partial charge < -0.3 is 20.3 Å². The van der Waals surface area contributed by atoms with Crippen molar-refractivity contribution in [3.8, 4) is 5.75 Å². The van der Waals surface area contributed by atoms with Crippen LogP contribution in [0.4, 0.5) is 5.69 Å². The van der Waals surface area contributed by atoms with E-state index in [-0.39, 0.29) is 11.9 Å². The summed E-state index contributed by atoms with van der Waals surface area (Å²) in [6.07, 6.45) is 3.54. The monoisotopic (exact) mass is 379 g/mol. The van der Waals surface area contributed by atoms with Crippen molar-refractivity contribution in [2.24, 2.45) is 0 Å². The number of nitrogen functional groups attached to an aromatic ring is 1. The van der Waals surface area contributed by atoms with E-state index in [1.165, 1.54) is 18.4 Å². The van der Waals surface area contributed by atoms with Gasteiger partial charge in [0.15, 0.2) is 6.10 Å². The molecule has 0 spiro atoms. The average molecular weight is 380 g/mol. The van der Waals surface area contributed by atoms with E-state index in [0.29, 0.717) is 6.42 Å². The minimum absolute atomic E-state index is 0.0308. The first-order valence-corrected chi connectivity index (χ1v) is 10.2. The molecular formula is C23H29N3O2. The highest BCUT2D eigenvalue weighted by atomic mass is 16.5. The Balaban J connectivity index is 1.51. The average Bonchev–Trinajstić information content (AvgIpc) is 3.24. The van der Waals surface area contributed by atoms with Crippen LogP contribution in [0.3, 0.4) is 0 Å². The van der Waals surface area contributed by atoms with Crippen LogP contribution in [0.25, 0.3) is 0 Å². The predicted octanol–water partition coefficient (Wildman–Crippen LogP) is 3.26. The molecule has 28 heavy (non-hydrogen) atoms. The van der Waals surface area contributed by atoms with Gasteiger partial charge in [-0.25, -0.2) is 0 Å². The smallest absolute Gasteiger partial charge is 0.263 e. The molecule has 2 N–H and O–H groups in total. The zero-order chi connectivity index (χ0) is 19.5. The van der Waals surface area contributed by atoms with Crippen molar-refractivity contribution in [2.75, 3.05) is 32.4 Å². The van der Waals surface area contributed by atoms with Crippen LogP contribution in [-0.4, -0.2) is 48.5 Å². The van der Waals surface area contributed by atoms with Gasteiger partial charge in [-0.1, -0.05) is 30.3 Å². The Morgan fingerprint density at radius 3 is 2.71 bits per heavy atom. The fourth-order valence-corrected chi connectivity index (χ4v) is 4.30. The van der Waals surface area contributed by atoms with Crippen LogP contribution in [0.2, 0.25) is 0 Å². The van der Waals surface area contributed by atoms with Gasteiger partial charge in [0.05, 0.1) is 6.04 Å². The summed E-state index contributed by atoms with van der Waals surface area (Å²) in [6.45, 7) is 3.09. The molecule has 2 aromatic carbocycles. The predicted molar refractivity (Wildman–Crippen MR) is 111 cm³/mol. The lowest BCUT2D eigenvalue weighted by Gasteiger charge is -2.35. The number of nitrogens with zero attached hydrogens (tertiary/aromatic N) is 2. The molecule has 4 rings (SSSR count). The second-order valence-corrected chi connectivity index (χ2v) is 7.90. The van der Waals surface area contributed by atoms with Crippen molar-refractivity contribution in [3.05, 3.63) is 59.7 Å². The number of fused-ring (bicyclic) bond motifs is 1. The molecule has 0 bridgehead atoms. The number of carbonyl (C=O) groups excluding carboxylic acids is 1. The second-order valence-electron chi connectivity index (χ2n) is 7.90. The lowest BCUT2D eigenvalue weighted by atomic mass is 9.99. The SMILES string of the molecule is CN(C(=O)C1CCc2cc(N)ccc2O1)C(CN1CCCC1)c1ccccc1. The van der Waals surface area contributed by atoms with E-state index in [1.807, 2.05) is 48.3 Å². The highest BCUT2D eigenvalue weighted by molar-refractivity contribution is 5.82. The third-order valence-corrected chi connectivity index (χ3v) is 5.93. The van der Waals surface area contributed by atoms with E-state index in [4.69, 9.17) is 10.5 Å². The third-order valence-electron chi connectivity index (χ3n) is 5.93. The van der Waals surface area contributed by atoms with Crippen LogP contribution in [0.5, 0.6) is 5.75 Å². The van der Waals surface area contributed by atoms with Crippen LogP contribution in [0.1, 0.15) is 36.4 Å². The maximum atomic E-state index is 13.3. The summed E-state index contributed by atoms with van der Waals surface area (Å²) in [7, 11) is 1.91. The molecule has 0 radical (unpaired) electrons. The van der Waals surface area contributed by atoms with E-state index < -0.39 is 6.10 Å². The van der Waals surface area contributed by atoms with Crippen LogP contribution >= 0.6 is 0 Å². The Labute approximate surface area is 167 Å². The van der Waals surface area contributed by atoms with Crippen molar-refractivity contribution in [3.63, 3.8) is 0 Å². The van der Waals surface area contributed by atoms with Crippen LogP contribution in [-0.2, 0) is 11.2 Å². The molecule has 0 aromatic heterocycles. The number of rotatable bonds is 5. The summed E-state index contributed by atoms with van der Waals surface area (Å²) < 4.78 is 6.07. The van der Waals surface area contributed by atoms with Gasteiger partial charge in [0.25, 0.3) is 5.91 Å². The first kappa shape index (κ1) is 18.8. The molecule has 0 saturated carbocycles. The van der Waals surface area contributed by atoms with Crippen molar-refractivity contribution in [2.45, 2.75) is 37.8 Å². The Kier molecular flexibility index (Phi) is 5.53. The molecule has 2 atom stereocenters. The number of amides is 1.